The highest BCUT2D eigenvalue weighted by atomic mass is 35.5. The van der Waals surface area contributed by atoms with Crippen LogP contribution in [-0.2, 0) is 19.9 Å². The number of alkyl halides is 5. The van der Waals surface area contributed by atoms with Crippen molar-refractivity contribution in [3.63, 3.8) is 0 Å². The fourth-order valence-corrected chi connectivity index (χ4v) is 9.21. The van der Waals surface area contributed by atoms with Crippen LogP contribution < -0.4 is 14.5 Å². The van der Waals surface area contributed by atoms with Gasteiger partial charge >= 0.3 is 5.51 Å². The van der Waals surface area contributed by atoms with Crippen molar-refractivity contribution in [2.24, 2.45) is 5.41 Å². The molecule has 3 aromatic rings. The van der Waals surface area contributed by atoms with Crippen LogP contribution in [0.3, 0.4) is 0 Å². The maximum Gasteiger partial charge on any atom is 0.501 e. The highest BCUT2D eigenvalue weighted by Crippen LogP contribution is 2.43. The molecule has 2 heterocycles. The lowest BCUT2D eigenvalue weighted by atomic mass is 9.73. The second-order valence-electron chi connectivity index (χ2n) is 14.5. The third kappa shape index (κ3) is 8.50. The van der Waals surface area contributed by atoms with E-state index in [1.54, 1.807) is 16.9 Å². The average Bonchev–Trinajstić information content (AvgIpc) is 3.07. The molecule has 0 unspecified atom stereocenters. The summed E-state index contributed by atoms with van der Waals surface area (Å²) < 4.78 is 120. The Morgan fingerprint density at radius 2 is 1.49 bits per heavy atom. The van der Waals surface area contributed by atoms with Gasteiger partial charge in [-0.3, -0.25) is 9.69 Å². The zero-order valence-electron chi connectivity index (χ0n) is 28.9. The third-order valence-corrected chi connectivity index (χ3v) is 13.0. The summed E-state index contributed by atoms with van der Waals surface area (Å²) in [6.45, 7) is 6.35. The molecule has 6 rings (SSSR count). The van der Waals surface area contributed by atoms with Gasteiger partial charge in [0.05, 0.1) is 23.7 Å². The van der Waals surface area contributed by atoms with Gasteiger partial charge in [0.2, 0.25) is 0 Å². The maximum absolute atomic E-state index is 13.5. The summed E-state index contributed by atoms with van der Waals surface area (Å²) in [5, 5.41) is 0.700. The van der Waals surface area contributed by atoms with Gasteiger partial charge in [-0.15, -0.1) is 0 Å². The topological polar surface area (TPSA) is 107 Å². The zero-order chi connectivity index (χ0) is 38.6. The Bertz CT molecular complexity index is 2130. The predicted molar refractivity (Wildman–Crippen MR) is 193 cm³/mol. The lowest BCUT2D eigenvalue weighted by Gasteiger charge is -2.41. The Morgan fingerprint density at radius 1 is 0.868 bits per heavy atom. The number of nitrogens with one attached hydrogen (secondary N) is 1. The van der Waals surface area contributed by atoms with Crippen molar-refractivity contribution in [1.29, 1.82) is 0 Å². The molecule has 1 amide bonds. The van der Waals surface area contributed by atoms with Crippen molar-refractivity contribution < 1.29 is 43.6 Å². The van der Waals surface area contributed by atoms with E-state index in [9.17, 15) is 43.6 Å². The normalized spacial score (nSPS) is 19.5. The first-order valence-corrected chi connectivity index (χ1v) is 20.2. The van der Waals surface area contributed by atoms with Crippen molar-refractivity contribution in [3.8, 4) is 0 Å². The minimum absolute atomic E-state index is 0.0693. The molecule has 53 heavy (non-hydrogen) atoms. The number of piperazine rings is 1. The number of anilines is 2. The van der Waals surface area contributed by atoms with Gasteiger partial charge in [-0.2, -0.15) is 13.2 Å². The summed E-state index contributed by atoms with van der Waals surface area (Å²) in [4.78, 5) is 15.8. The van der Waals surface area contributed by atoms with Crippen LogP contribution in [0.1, 0.15) is 49.0 Å². The molecule has 0 spiro atoms. The number of nitrogens with zero attached hydrogens (tertiary/aromatic N) is 3. The average molecular weight is 801 g/mol. The van der Waals surface area contributed by atoms with Gasteiger partial charge < -0.3 is 9.80 Å². The molecule has 2 fully saturated rings. The summed E-state index contributed by atoms with van der Waals surface area (Å²) in [5.41, 5.74) is -1.63. The van der Waals surface area contributed by atoms with Gasteiger partial charge in [-0.05, 0) is 90.4 Å². The van der Waals surface area contributed by atoms with E-state index in [2.05, 4.69) is 35.8 Å². The monoisotopic (exact) mass is 800 g/mol. The maximum atomic E-state index is 13.5. The molecule has 1 aliphatic carbocycles. The molecule has 3 aliphatic rings. The van der Waals surface area contributed by atoms with Gasteiger partial charge in [-0.1, -0.05) is 43.2 Å². The molecule has 2 aliphatic heterocycles. The molecular weight excluding hydrogens is 763 g/mol. The van der Waals surface area contributed by atoms with Crippen LogP contribution in [0.5, 0.6) is 0 Å². The van der Waals surface area contributed by atoms with E-state index in [-0.39, 0.29) is 17.0 Å². The number of carbonyl (C=O) groups excluding carboxylic acids is 1. The van der Waals surface area contributed by atoms with Gasteiger partial charge in [-0.25, -0.2) is 30.3 Å². The molecule has 9 nitrogen and oxygen atoms in total. The van der Waals surface area contributed by atoms with Crippen molar-refractivity contribution in [2.75, 3.05) is 55.6 Å². The largest absolute Gasteiger partial charge is 0.501 e. The summed E-state index contributed by atoms with van der Waals surface area (Å²) in [6.07, 6.45) is 3.11. The molecule has 3 aromatic carbocycles. The van der Waals surface area contributed by atoms with Crippen molar-refractivity contribution in [3.05, 3.63) is 88.5 Å². The number of sulfonamides is 1. The van der Waals surface area contributed by atoms with Crippen LogP contribution in [0.25, 0.3) is 5.57 Å². The quantitative estimate of drug-likeness (QED) is 0.231. The van der Waals surface area contributed by atoms with Gasteiger partial charge in [0, 0.05) is 49.0 Å². The van der Waals surface area contributed by atoms with Crippen molar-refractivity contribution >= 4 is 54.3 Å². The summed E-state index contributed by atoms with van der Waals surface area (Å²) >= 11 is 6.14. The van der Waals surface area contributed by atoms with Crippen LogP contribution in [0, 0.1) is 5.41 Å². The van der Waals surface area contributed by atoms with E-state index < -0.39 is 65.8 Å². The van der Waals surface area contributed by atoms with Crippen LogP contribution >= 0.6 is 11.6 Å². The molecule has 0 bridgehead atoms. The van der Waals surface area contributed by atoms with E-state index in [4.69, 9.17) is 11.6 Å². The Kier molecular flexibility index (Phi) is 10.4. The lowest BCUT2D eigenvalue weighted by molar-refractivity contribution is -0.0436. The second kappa shape index (κ2) is 14.2. The van der Waals surface area contributed by atoms with Crippen LogP contribution in [-0.4, -0.2) is 84.9 Å². The molecule has 1 N–H and O–H groups in total. The molecule has 0 atom stereocenters. The van der Waals surface area contributed by atoms with Crippen LogP contribution in [0.2, 0.25) is 5.02 Å². The second-order valence-corrected chi connectivity index (χ2v) is 18.5. The van der Waals surface area contributed by atoms with Gasteiger partial charge in [0.25, 0.3) is 31.7 Å². The lowest BCUT2D eigenvalue weighted by Crippen LogP contribution is -2.56. The van der Waals surface area contributed by atoms with E-state index in [1.807, 2.05) is 12.1 Å². The zero-order valence-corrected chi connectivity index (χ0v) is 31.3. The Balaban J connectivity index is 1.11. The Hall–Kier alpha value is -3.73. The number of benzene rings is 3. The first-order chi connectivity index (χ1) is 24.6. The number of sulfone groups is 1. The highest BCUT2D eigenvalue weighted by Gasteiger charge is 2.51. The van der Waals surface area contributed by atoms with E-state index in [0.717, 1.165) is 50.7 Å². The molecular formula is C36H38ClF5N4O5S2. The van der Waals surface area contributed by atoms with Gasteiger partial charge in [0.15, 0.2) is 0 Å². The smallest absolute Gasteiger partial charge is 0.369 e. The SMILES string of the molecule is CC1(C)CCC(c2ccc(Cl)cc2)=C(CN2CCN(c3ccc(C(=O)NS(=O)(=O)c4ccc(N5CC(F)(F)C5)c(S(=O)(=O)C(F)(F)F)c4)cc3)CC2)C1. The van der Waals surface area contributed by atoms with Crippen molar-refractivity contribution in [1.82, 2.24) is 9.62 Å². The third-order valence-electron chi connectivity index (χ3n) is 9.89. The standard InChI is InChI=1S/C36H38ClF5N4O5S2/c1-34(2)14-13-30(24-3-7-27(37)8-4-24)26(20-34)21-44-15-17-45(18-16-44)28-9-5-25(6-10-28)33(47)43-53(50,51)29-11-12-31(46-22-35(38,39)23-46)32(19-29)52(48,49)36(40,41)42/h3-12,19H,13-18,20-23H2,1-2H3,(H,43,47). The minimum atomic E-state index is -6.15. The van der Waals surface area contributed by atoms with Crippen molar-refractivity contribution in [2.45, 2.75) is 54.3 Å². The Morgan fingerprint density at radius 3 is 2.08 bits per heavy atom. The number of rotatable bonds is 9. The molecule has 0 aromatic heterocycles. The summed E-state index contributed by atoms with van der Waals surface area (Å²) in [7, 11) is -11.0. The molecule has 0 radical (unpaired) electrons. The first-order valence-electron chi connectivity index (χ1n) is 16.8. The fraction of sp³-hybridized carbons (Fsp3) is 0.417. The van der Waals surface area contributed by atoms with E-state index in [0.29, 0.717) is 29.1 Å². The molecule has 0 saturated carbocycles. The number of amides is 1. The number of carbonyl (C=O) groups is 1. The van der Waals surface area contributed by atoms with Gasteiger partial charge in [0.1, 0.15) is 4.90 Å². The van der Waals surface area contributed by atoms with E-state index in [1.165, 1.54) is 28.8 Å². The number of hydrogen-bond acceptors (Lipinski definition) is 8. The summed E-state index contributed by atoms with van der Waals surface area (Å²) in [6, 6.07) is 15.8. The number of hydrogen-bond donors (Lipinski definition) is 1. The van der Waals surface area contributed by atoms with Crippen LogP contribution in [0.15, 0.2) is 82.1 Å². The Labute approximate surface area is 310 Å². The molecule has 2 saturated heterocycles. The van der Waals surface area contributed by atoms with E-state index >= 15 is 0 Å². The summed E-state index contributed by atoms with van der Waals surface area (Å²) in [5.74, 6) is -4.36. The number of allylic oxidation sites excluding steroid dienone is 1. The predicted octanol–water partition coefficient (Wildman–Crippen LogP) is 6.99. The van der Waals surface area contributed by atoms with Crippen LogP contribution in [0.4, 0.5) is 33.3 Å². The molecule has 286 valence electrons. The highest BCUT2D eigenvalue weighted by molar-refractivity contribution is 7.92. The minimum Gasteiger partial charge on any atom is -0.369 e. The number of halogens is 6. The molecule has 17 heteroatoms. The first kappa shape index (κ1) is 39.0. The fourth-order valence-electron chi connectivity index (χ4n) is 7.01.